The minimum atomic E-state index is -0.472. The third-order valence-corrected chi connectivity index (χ3v) is 6.40. The molecule has 7 nitrogen and oxygen atoms in total. The van der Waals surface area contributed by atoms with Crippen LogP contribution in [0.4, 0.5) is 4.79 Å². The Labute approximate surface area is 182 Å². The second kappa shape index (κ2) is 8.75. The molecule has 1 aliphatic carbocycles. The van der Waals surface area contributed by atoms with Crippen molar-refractivity contribution in [1.29, 1.82) is 0 Å². The summed E-state index contributed by atoms with van der Waals surface area (Å²) in [5.74, 6) is 0.345. The van der Waals surface area contributed by atoms with E-state index in [1.54, 1.807) is 7.11 Å². The molecule has 1 amide bonds. The summed E-state index contributed by atoms with van der Waals surface area (Å²) in [4.78, 5) is 24.2. The number of nitrogens with one attached hydrogen (secondary N) is 1. The van der Waals surface area contributed by atoms with E-state index < -0.39 is 6.09 Å². The van der Waals surface area contributed by atoms with Crippen LogP contribution >= 0.6 is 0 Å². The van der Waals surface area contributed by atoms with E-state index >= 15 is 0 Å². The number of benzene rings is 1. The van der Waals surface area contributed by atoms with Crippen LogP contribution in [0.15, 0.2) is 48.1 Å². The van der Waals surface area contributed by atoms with Gasteiger partial charge in [-0.05, 0) is 55.9 Å². The zero-order valence-electron chi connectivity index (χ0n) is 18.0. The number of hydrogen-bond donors (Lipinski definition) is 1. The fourth-order valence-corrected chi connectivity index (χ4v) is 4.42. The predicted octanol–water partition coefficient (Wildman–Crippen LogP) is 3.68. The maximum atomic E-state index is 12.2. The predicted molar refractivity (Wildman–Crippen MR) is 114 cm³/mol. The van der Waals surface area contributed by atoms with E-state index in [2.05, 4.69) is 24.9 Å². The molecule has 2 fully saturated rings. The summed E-state index contributed by atoms with van der Waals surface area (Å²) in [6.07, 6.45) is 4.40. The summed E-state index contributed by atoms with van der Waals surface area (Å²) in [5.41, 5.74) is 2.20. The topological polar surface area (TPSA) is 86.4 Å². The molecule has 1 N–H and O–H groups in total. The Hall–Kier alpha value is -2.80. The molecule has 1 aromatic rings. The van der Waals surface area contributed by atoms with E-state index in [-0.39, 0.29) is 36.3 Å². The van der Waals surface area contributed by atoms with Gasteiger partial charge in [0.15, 0.2) is 0 Å². The van der Waals surface area contributed by atoms with Crippen molar-refractivity contribution >= 4 is 12.1 Å². The van der Waals surface area contributed by atoms with Gasteiger partial charge in [0.05, 0.1) is 12.7 Å². The highest BCUT2D eigenvalue weighted by molar-refractivity contribution is 5.91. The first-order chi connectivity index (χ1) is 14.9. The average Bonchev–Trinajstić information content (AvgIpc) is 3.36. The van der Waals surface area contributed by atoms with E-state index in [0.717, 1.165) is 29.7 Å². The van der Waals surface area contributed by atoms with E-state index in [0.29, 0.717) is 25.0 Å². The number of rotatable bonds is 5. The lowest BCUT2D eigenvalue weighted by molar-refractivity contribution is -0.140. The molecule has 0 bridgehead atoms. The van der Waals surface area contributed by atoms with Crippen LogP contribution in [0.2, 0.25) is 0 Å². The Morgan fingerprint density at radius 1 is 1.39 bits per heavy atom. The van der Waals surface area contributed by atoms with Gasteiger partial charge in [0.2, 0.25) is 0 Å². The molecular weight excluding hydrogens is 398 g/mol. The summed E-state index contributed by atoms with van der Waals surface area (Å²) in [6, 6.07) is 7.51. The fraction of sp³-hybridized carbons (Fsp3) is 0.500. The molecule has 1 aromatic carbocycles. The number of esters is 1. The monoisotopic (exact) mass is 427 g/mol. The average molecular weight is 427 g/mol. The van der Waals surface area contributed by atoms with Crippen LogP contribution in [-0.2, 0) is 25.5 Å². The Morgan fingerprint density at radius 2 is 2.23 bits per heavy atom. The van der Waals surface area contributed by atoms with Gasteiger partial charge >= 0.3 is 12.1 Å². The van der Waals surface area contributed by atoms with E-state index in [1.165, 1.54) is 0 Å². The number of amides is 1. The SMILES string of the molecule is C=C1C(=O)O[C@H]2[C@H]1CC/C(COC(=O)NCc1cccc(OC)c1)=C\CC[C@@]1(C)O[C@@H]21. The molecule has 0 unspecified atom stereocenters. The van der Waals surface area contributed by atoms with Gasteiger partial charge in [0, 0.05) is 18.0 Å². The van der Waals surface area contributed by atoms with Crippen molar-refractivity contribution in [1.82, 2.24) is 5.32 Å². The first-order valence-corrected chi connectivity index (χ1v) is 10.7. The molecule has 31 heavy (non-hydrogen) atoms. The van der Waals surface area contributed by atoms with E-state index in [1.807, 2.05) is 24.3 Å². The first-order valence-electron chi connectivity index (χ1n) is 10.7. The van der Waals surface area contributed by atoms with Gasteiger partial charge in [-0.25, -0.2) is 9.59 Å². The maximum Gasteiger partial charge on any atom is 0.407 e. The van der Waals surface area contributed by atoms with Crippen LogP contribution < -0.4 is 10.1 Å². The lowest BCUT2D eigenvalue weighted by Gasteiger charge is -2.20. The van der Waals surface area contributed by atoms with Crippen LogP contribution in [0.3, 0.4) is 0 Å². The van der Waals surface area contributed by atoms with Crippen LogP contribution in [0.25, 0.3) is 0 Å². The summed E-state index contributed by atoms with van der Waals surface area (Å²) in [5, 5.41) is 2.77. The molecule has 0 spiro atoms. The highest BCUT2D eigenvalue weighted by Crippen LogP contribution is 2.49. The van der Waals surface area contributed by atoms with Gasteiger partial charge in [-0.3, -0.25) is 0 Å². The number of hydrogen-bond acceptors (Lipinski definition) is 6. The number of fused-ring (bicyclic) bond motifs is 3. The van der Waals surface area contributed by atoms with Crippen LogP contribution in [-0.4, -0.2) is 43.6 Å². The van der Waals surface area contributed by atoms with Gasteiger partial charge in [-0.15, -0.1) is 0 Å². The van der Waals surface area contributed by atoms with Crippen LogP contribution in [0, 0.1) is 5.92 Å². The lowest BCUT2D eigenvalue weighted by atomic mass is 9.84. The Morgan fingerprint density at radius 3 is 3.03 bits per heavy atom. The van der Waals surface area contributed by atoms with Crippen molar-refractivity contribution in [2.45, 2.75) is 57.0 Å². The third-order valence-electron chi connectivity index (χ3n) is 6.40. The molecule has 2 heterocycles. The molecule has 2 saturated heterocycles. The quantitative estimate of drug-likeness (QED) is 0.334. The van der Waals surface area contributed by atoms with E-state index in [4.69, 9.17) is 18.9 Å². The second-order valence-corrected chi connectivity index (χ2v) is 8.57. The van der Waals surface area contributed by atoms with Crippen molar-refractivity contribution in [3.05, 3.63) is 53.6 Å². The van der Waals surface area contributed by atoms with Crippen molar-refractivity contribution < 1.29 is 28.5 Å². The van der Waals surface area contributed by atoms with Crippen molar-refractivity contribution in [2.24, 2.45) is 5.92 Å². The van der Waals surface area contributed by atoms with Crippen LogP contribution in [0.1, 0.15) is 38.2 Å². The number of ether oxygens (including phenoxy) is 4. The molecule has 166 valence electrons. The first kappa shape index (κ1) is 21.4. The van der Waals surface area contributed by atoms with Crippen molar-refractivity contribution in [3.8, 4) is 5.75 Å². The summed E-state index contributed by atoms with van der Waals surface area (Å²) < 4.78 is 22.1. The Kier molecular flexibility index (Phi) is 6.05. The summed E-state index contributed by atoms with van der Waals surface area (Å²) >= 11 is 0. The maximum absolute atomic E-state index is 12.2. The minimum Gasteiger partial charge on any atom is -0.497 e. The van der Waals surface area contributed by atoms with E-state index in [9.17, 15) is 9.59 Å². The van der Waals surface area contributed by atoms with Crippen LogP contribution in [0.5, 0.6) is 5.75 Å². The largest absolute Gasteiger partial charge is 0.497 e. The standard InChI is InChI=1S/C24H29NO6/c1-15-19-10-9-16(7-5-11-24(2)21(31-24)20(19)30-22(15)26)14-29-23(27)25-13-17-6-4-8-18(12-17)28-3/h4,6-8,12,19-21H,1,5,9-11,13-14H2,2-3H3,(H,25,27)/b16-7+/t19-,20-,21-,24+/m0/s1. The molecule has 2 aliphatic heterocycles. The zero-order valence-corrected chi connectivity index (χ0v) is 18.0. The third kappa shape index (κ3) is 4.77. The fourth-order valence-electron chi connectivity index (χ4n) is 4.42. The molecule has 4 atom stereocenters. The number of carbonyl (C=O) groups excluding carboxylic acids is 2. The van der Waals surface area contributed by atoms with Gasteiger partial charge in [0.25, 0.3) is 0 Å². The van der Waals surface area contributed by atoms with Gasteiger partial charge in [-0.1, -0.05) is 24.8 Å². The molecule has 0 radical (unpaired) electrons. The second-order valence-electron chi connectivity index (χ2n) is 8.57. The van der Waals surface area contributed by atoms with Crippen molar-refractivity contribution in [3.63, 3.8) is 0 Å². The molecule has 0 saturated carbocycles. The van der Waals surface area contributed by atoms with Crippen molar-refractivity contribution in [2.75, 3.05) is 13.7 Å². The number of alkyl carbamates (subject to hydrolysis) is 1. The number of allylic oxidation sites excluding steroid dienone is 1. The van der Waals surface area contributed by atoms with Gasteiger partial charge in [-0.2, -0.15) is 0 Å². The molecular formula is C24H29NO6. The number of epoxide rings is 1. The zero-order chi connectivity index (χ0) is 22.0. The van der Waals surface area contributed by atoms with Gasteiger partial charge in [0.1, 0.15) is 24.6 Å². The number of methoxy groups -OCH3 is 1. The highest BCUT2D eigenvalue weighted by Gasteiger charge is 2.61. The molecule has 7 heteroatoms. The Bertz CT molecular complexity index is 909. The molecule has 4 rings (SSSR count). The molecule has 3 aliphatic rings. The molecule has 0 aromatic heterocycles. The summed E-state index contributed by atoms with van der Waals surface area (Å²) in [6.45, 7) is 6.56. The minimum absolute atomic E-state index is 0.0608. The summed E-state index contributed by atoms with van der Waals surface area (Å²) in [7, 11) is 1.61. The Balaban J connectivity index is 1.32. The number of carbonyl (C=O) groups is 2. The van der Waals surface area contributed by atoms with Gasteiger partial charge < -0.3 is 24.3 Å². The lowest BCUT2D eigenvalue weighted by Crippen LogP contribution is -2.29. The smallest absolute Gasteiger partial charge is 0.407 e. The normalized spacial score (nSPS) is 31.4. The highest BCUT2D eigenvalue weighted by atomic mass is 16.6.